The molecule has 0 aliphatic heterocycles. The molecule has 0 aliphatic rings. The monoisotopic (exact) mass is 140 g/mol. The zero-order chi connectivity index (χ0) is 2.00. The molecule has 0 bridgehead atoms. The van der Waals surface area contributed by atoms with Gasteiger partial charge in [-0.3, -0.25) is 0 Å². The maximum atomic E-state index is 8.38. The van der Waals surface area contributed by atoms with Gasteiger partial charge >= 0.3 is 33.1 Å². The molecule has 0 radical (unpaired) electrons. The zero-order valence-corrected chi connectivity index (χ0v) is 5.27. The average molecular weight is 140 g/mol. The van der Waals surface area contributed by atoms with Crippen molar-refractivity contribution in [1.82, 2.24) is 6.15 Å². The van der Waals surface area contributed by atoms with Crippen molar-refractivity contribution in [3.05, 3.63) is 0 Å². The first-order chi connectivity index (χ1) is 1.00. The fourth-order valence-electron chi connectivity index (χ4n) is 0. The molecular formula is H5NO2Y. The van der Waals surface area contributed by atoms with Crippen LogP contribution in [0.4, 0.5) is 0 Å². The van der Waals surface area contributed by atoms with Crippen molar-refractivity contribution in [3.8, 4) is 0 Å². The molecule has 0 saturated heterocycles. The van der Waals surface area contributed by atoms with E-state index in [0.717, 1.165) is 0 Å². The molecule has 4 heavy (non-hydrogen) atoms. The van der Waals surface area contributed by atoms with Crippen molar-refractivity contribution in [3.63, 3.8) is 0 Å². The molecule has 0 heterocycles. The molecule has 0 atom stereocenters. The van der Waals surface area contributed by atoms with Crippen molar-refractivity contribution in [2.45, 2.75) is 0 Å². The minimum atomic E-state index is 0. The molecule has 3 nitrogen and oxygen atoms in total. The van der Waals surface area contributed by atoms with Crippen LogP contribution in [-0.2, 0) is 33.1 Å². The molecule has 0 fully saturated rings. The second-order valence-corrected chi connectivity index (χ2v) is 0. The molecule has 0 unspecified atom stereocenters. The van der Waals surface area contributed by atoms with Crippen LogP contribution in [0.5, 0.6) is 0 Å². The molecular weight excluding hydrogens is 135 g/mol. The summed E-state index contributed by atoms with van der Waals surface area (Å²) in [4.78, 5) is 0. The number of quaternary nitrogens is 1. The predicted octanol–water partition coefficient (Wildman–Crippen LogP) is 0.0781. The van der Waals surface area contributed by atoms with Gasteiger partial charge in [0, 0.05) is 0 Å². The summed E-state index contributed by atoms with van der Waals surface area (Å²) < 4.78 is 8.38. The summed E-state index contributed by atoms with van der Waals surface area (Å²) in [6.07, 6.45) is 0. The van der Waals surface area contributed by atoms with Crippen LogP contribution >= 0.6 is 0 Å². The Morgan fingerprint density at radius 2 is 1.25 bits per heavy atom. The standard InChI is InChI=1S/H3N.H2O.O.Y/h1H3;1H2;;. The van der Waals surface area contributed by atoms with E-state index in [0.29, 0.717) is 0 Å². The Labute approximate surface area is 44.7 Å². The first-order valence-electron chi connectivity index (χ1n) is 0.236. The zero-order valence-electron chi connectivity index (χ0n) is 2.43. The molecule has 25 valence electrons. The van der Waals surface area contributed by atoms with Gasteiger partial charge in [0.1, 0.15) is 0 Å². The van der Waals surface area contributed by atoms with E-state index in [1.54, 1.807) is 0 Å². The van der Waals surface area contributed by atoms with Crippen LogP contribution in [-0.4, -0.2) is 5.48 Å². The maximum absolute atomic E-state index is 8.38. The van der Waals surface area contributed by atoms with Gasteiger partial charge in [0.05, 0.1) is 0 Å². The van der Waals surface area contributed by atoms with Crippen LogP contribution in [0.15, 0.2) is 0 Å². The summed E-state index contributed by atoms with van der Waals surface area (Å²) >= 11 is 0.100. The summed E-state index contributed by atoms with van der Waals surface area (Å²) in [6.45, 7) is 0. The topological polar surface area (TPSA) is 83.6 Å². The number of hydrogen-bond acceptors (Lipinski definition) is 2. The normalized spacial score (nSPS) is 1.50. The SMILES string of the molecule is [NH4+].[OH-].[O]=[Y]. The van der Waals surface area contributed by atoms with Gasteiger partial charge in [0.2, 0.25) is 0 Å². The minimum absolute atomic E-state index is 0. The van der Waals surface area contributed by atoms with Crippen molar-refractivity contribution in [2.75, 3.05) is 0 Å². The molecule has 5 N–H and O–H groups in total. The summed E-state index contributed by atoms with van der Waals surface area (Å²) in [5, 5.41) is 0. The first kappa shape index (κ1) is 21.2. The van der Waals surface area contributed by atoms with E-state index < -0.39 is 0 Å². The van der Waals surface area contributed by atoms with E-state index in [2.05, 4.69) is 0 Å². The van der Waals surface area contributed by atoms with Gasteiger partial charge in [-0.05, 0) is 0 Å². The summed E-state index contributed by atoms with van der Waals surface area (Å²) in [7, 11) is 0. The summed E-state index contributed by atoms with van der Waals surface area (Å²) in [6, 6.07) is 0. The van der Waals surface area contributed by atoms with E-state index >= 15 is 0 Å². The van der Waals surface area contributed by atoms with Crippen LogP contribution in [0.2, 0.25) is 0 Å². The van der Waals surface area contributed by atoms with Gasteiger partial charge in [-0.25, -0.2) is 0 Å². The van der Waals surface area contributed by atoms with Crippen molar-refractivity contribution in [2.24, 2.45) is 0 Å². The second-order valence-electron chi connectivity index (χ2n) is 0. The number of rotatable bonds is 0. The molecule has 0 aliphatic carbocycles. The van der Waals surface area contributed by atoms with Crippen LogP contribution in [0.25, 0.3) is 0 Å². The molecule has 0 saturated carbocycles. The Morgan fingerprint density at radius 3 is 1.25 bits per heavy atom. The van der Waals surface area contributed by atoms with Gasteiger partial charge < -0.3 is 11.6 Å². The summed E-state index contributed by atoms with van der Waals surface area (Å²) in [5.74, 6) is 0. The Morgan fingerprint density at radius 1 is 1.25 bits per heavy atom. The fraction of sp³-hybridized carbons (Fsp3) is 0. The van der Waals surface area contributed by atoms with E-state index in [-0.39, 0.29) is 42.6 Å². The number of hydrogen-bond donors (Lipinski definition) is 1. The van der Waals surface area contributed by atoms with Crippen LogP contribution in [0.3, 0.4) is 0 Å². The van der Waals surface area contributed by atoms with E-state index in [9.17, 15) is 0 Å². The molecule has 0 aromatic heterocycles. The van der Waals surface area contributed by atoms with Crippen LogP contribution < -0.4 is 6.15 Å². The average Bonchev–Trinajstić information content (AvgIpc) is 1.00. The van der Waals surface area contributed by atoms with Gasteiger partial charge in [-0.2, -0.15) is 0 Å². The van der Waals surface area contributed by atoms with E-state index in [1.165, 1.54) is 0 Å². The molecule has 0 aromatic carbocycles. The van der Waals surface area contributed by atoms with Crippen molar-refractivity contribution in [1.29, 1.82) is 0 Å². The Hall–Kier alpha value is 0.824. The van der Waals surface area contributed by atoms with Gasteiger partial charge in [-0.1, -0.05) is 0 Å². The Balaban J connectivity index is -0.00000000500. The quantitative estimate of drug-likeness (QED) is 0.516. The van der Waals surface area contributed by atoms with Crippen molar-refractivity contribution >= 4 is 0 Å². The van der Waals surface area contributed by atoms with Gasteiger partial charge in [-0.15, -0.1) is 0 Å². The first-order valence-corrected chi connectivity index (χ1v) is 1.39. The van der Waals surface area contributed by atoms with Gasteiger partial charge in [0.25, 0.3) is 0 Å². The predicted molar refractivity (Wildman–Crippen MR) is 8.61 cm³/mol. The fourth-order valence-corrected chi connectivity index (χ4v) is 0. The molecule has 0 rings (SSSR count). The summed E-state index contributed by atoms with van der Waals surface area (Å²) in [5.41, 5.74) is 0. The molecule has 0 spiro atoms. The Bertz CT molecular complexity index is 6.00. The second kappa shape index (κ2) is 44.9. The van der Waals surface area contributed by atoms with E-state index in [4.69, 9.17) is 2.04 Å². The van der Waals surface area contributed by atoms with E-state index in [1.807, 2.05) is 0 Å². The molecule has 4 heteroatoms. The van der Waals surface area contributed by atoms with Crippen LogP contribution in [0.1, 0.15) is 0 Å². The third kappa shape index (κ3) is 13.8. The van der Waals surface area contributed by atoms with Crippen molar-refractivity contribution < 1.29 is 38.5 Å². The molecule has 0 amide bonds. The van der Waals surface area contributed by atoms with Gasteiger partial charge in [0.15, 0.2) is 0 Å². The Kier molecular flexibility index (Phi) is 238. The van der Waals surface area contributed by atoms with Crippen LogP contribution in [0, 0.1) is 0 Å². The third-order valence-electron chi connectivity index (χ3n) is 0. The molecule has 0 aromatic rings. The third-order valence-corrected chi connectivity index (χ3v) is 0.